The Kier molecular flexibility index (Phi) is 6.80. The number of nitrogens with one attached hydrogen (secondary N) is 1. The maximum atomic E-state index is 13.1. The van der Waals surface area contributed by atoms with Gasteiger partial charge in [0.25, 0.3) is 5.91 Å². The maximum Gasteiger partial charge on any atom is 0.252 e. The Morgan fingerprint density at radius 3 is 2.82 bits per heavy atom. The SMILES string of the molecule is O=C(NCCCCCI)c1cccc(F)c1Cl. The zero-order valence-corrected chi connectivity index (χ0v) is 12.2. The van der Waals surface area contributed by atoms with Crippen LogP contribution in [0.25, 0.3) is 0 Å². The molecule has 0 aliphatic rings. The van der Waals surface area contributed by atoms with Crippen molar-refractivity contribution in [1.82, 2.24) is 5.32 Å². The summed E-state index contributed by atoms with van der Waals surface area (Å²) in [4.78, 5) is 11.7. The van der Waals surface area contributed by atoms with Crippen molar-refractivity contribution in [1.29, 1.82) is 0 Å². The summed E-state index contributed by atoms with van der Waals surface area (Å²) in [6.07, 6.45) is 3.17. The highest BCUT2D eigenvalue weighted by atomic mass is 127. The van der Waals surface area contributed by atoms with Crippen LogP contribution in [0.3, 0.4) is 0 Å². The first-order chi connectivity index (χ1) is 8.16. The lowest BCUT2D eigenvalue weighted by Crippen LogP contribution is -2.24. The zero-order valence-electron chi connectivity index (χ0n) is 9.31. The minimum Gasteiger partial charge on any atom is -0.352 e. The van der Waals surface area contributed by atoms with Crippen LogP contribution in [0.4, 0.5) is 4.39 Å². The first-order valence-electron chi connectivity index (χ1n) is 5.45. The monoisotopic (exact) mass is 369 g/mol. The summed E-state index contributed by atoms with van der Waals surface area (Å²) in [5.41, 5.74) is 0.195. The van der Waals surface area contributed by atoms with Gasteiger partial charge in [0, 0.05) is 6.54 Å². The molecule has 1 aromatic rings. The third-order valence-electron chi connectivity index (χ3n) is 2.29. The van der Waals surface area contributed by atoms with Crippen molar-refractivity contribution in [2.45, 2.75) is 19.3 Å². The molecule has 1 aromatic carbocycles. The normalized spacial score (nSPS) is 10.3. The third-order valence-corrected chi connectivity index (χ3v) is 3.44. The Bertz CT molecular complexity index is 387. The standard InChI is InChI=1S/C12H14ClFINO/c13-11-9(5-4-6-10(11)14)12(17)16-8-3-1-2-7-15/h4-6H,1-3,7-8H2,(H,16,17). The number of rotatable bonds is 6. The van der Waals surface area contributed by atoms with Crippen molar-refractivity contribution in [3.05, 3.63) is 34.6 Å². The fourth-order valence-corrected chi connectivity index (χ4v) is 2.12. The van der Waals surface area contributed by atoms with Gasteiger partial charge in [0.05, 0.1) is 10.6 Å². The summed E-state index contributed by atoms with van der Waals surface area (Å²) in [5, 5.41) is 2.62. The molecular weight excluding hydrogens is 355 g/mol. The van der Waals surface area contributed by atoms with Crippen molar-refractivity contribution in [3.8, 4) is 0 Å². The van der Waals surface area contributed by atoms with Gasteiger partial charge in [-0.15, -0.1) is 0 Å². The van der Waals surface area contributed by atoms with Crippen LogP contribution in [0.2, 0.25) is 5.02 Å². The van der Waals surface area contributed by atoms with Crippen LogP contribution in [0.1, 0.15) is 29.6 Å². The lowest BCUT2D eigenvalue weighted by atomic mass is 10.2. The van der Waals surface area contributed by atoms with Gasteiger partial charge in [0.15, 0.2) is 0 Å². The Labute approximate surface area is 119 Å². The Balaban J connectivity index is 2.44. The van der Waals surface area contributed by atoms with Gasteiger partial charge in [-0.3, -0.25) is 4.79 Å². The van der Waals surface area contributed by atoms with Crippen molar-refractivity contribution < 1.29 is 9.18 Å². The number of alkyl halides is 1. The van der Waals surface area contributed by atoms with Crippen molar-refractivity contribution >= 4 is 40.1 Å². The van der Waals surface area contributed by atoms with E-state index in [1.54, 1.807) is 0 Å². The number of unbranched alkanes of at least 4 members (excludes halogenated alkanes) is 2. The van der Waals surface area contributed by atoms with E-state index in [0.717, 1.165) is 23.7 Å². The fourth-order valence-electron chi connectivity index (χ4n) is 1.37. The Hall–Kier alpha value is -0.360. The molecule has 1 rings (SSSR count). The topological polar surface area (TPSA) is 29.1 Å². The summed E-state index contributed by atoms with van der Waals surface area (Å²) >= 11 is 8.04. The van der Waals surface area contributed by atoms with E-state index in [0.29, 0.717) is 6.54 Å². The molecule has 0 radical (unpaired) electrons. The van der Waals surface area contributed by atoms with Crippen LogP contribution < -0.4 is 5.32 Å². The van der Waals surface area contributed by atoms with Crippen LogP contribution in [-0.4, -0.2) is 16.9 Å². The Morgan fingerprint density at radius 2 is 2.12 bits per heavy atom. The smallest absolute Gasteiger partial charge is 0.252 e. The molecule has 0 saturated heterocycles. The second-order valence-corrected chi connectivity index (χ2v) is 5.06. The van der Waals surface area contributed by atoms with Gasteiger partial charge < -0.3 is 5.32 Å². The third kappa shape index (κ3) is 4.79. The molecule has 5 heteroatoms. The largest absolute Gasteiger partial charge is 0.352 e. The molecule has 0 aliphatic carbocycles. The van der Waals surface area contributed by atoms with E-state index in [4.69, 9.17) is 11.6 Å². The minimum absolute atomic E-state index is 0.114. The molecule has 0 saturated carbocycles. The van der Waals surface area contributed by atoms with Gasteiger partial charge in [0.2, 0.25) is 0 Å². The average molecular weight is 370 g/mol. The van der Waals surface area contributed by atoms with E-state index in [9.17, 15) is 9.18 Å². The fraction of sp³-hybridized carbons (Fsp3) is 0.417. The van der Waals surface area contributed by atoms with E-state index in [-0.39, 0.29) is 16.5 Å². The highest BCUT2D eigenvalue weighted by Crippen LogP contribution is 2.19. The summed E-state index contributed by atoms with van der Waals surface area (Å²) in [7, 11) is 0. The second kappa shape index (κ2) is 7.87. The van der Waals surface area contributed by atoms with Gasteiger partial charge in [-0.05, 0) is 29.4 Å². The molecule has 1 amide bonds. The van der Waals surface area contributed by atoms with Gasteiger partial charge >= 0.3 is 0 Å². The first kappa shape index (κ1) is 14.7. The number of halogens is 3. The number of carbonyl (C=O) groups excluding carboxylic acids is 1. The molecule has 0 unspecified atom stereocenters. The van der Waals surface area contributed by atoms with Gasteiger partial charge in [-0.2, -0.15) is 0 Å². The van der Waals surface area contributed by atoms with Crippen LogP contribution in [0.15, 0.2) is 18.2 Å². The predicted molar refractivity (Wildman–Crippen MR) is 76.5 cm³/mol. The highest BCUT2D eigenvalue weighted by Gasteiger charge is 2.12. The highest BCUT2D eigenvalue weighted by molar-refractivity contribution is 14.1. The molecule has 94 valence electrons. The summed E-state index contributed by atoms with van der Waals surface area (Å²) in [5.74, 6) is -0.881. The molecule has 0 atom stereocenters. The second-order valence-electron chi connectivity index (χ2n) is 3.61. The molecule has 0 fully saturated rings. The van der Waals surface area contributed by atoms with Gasteiger partial charge in [0.1, 0.15) is 5.82 Å². The van der Waals surface area contributed by atoms with E-state index in [2.05, 4.69) is 27.9 Å². The maximum absolute atomic E-state index is 13.1. The summed E-state index contributed by atoms with van der Waals surface area (Å²) in [6, 6.07) is 4.23. The molecule has 0 spiro atoms. The first-order valence-corrected chi connectivity index (χ1v) is 7.35. The number of carbonyl (C=O) groups is 1. The quantitative estimate of drug-likeness (QED) is 0.461. The molecule has 17 heavy (non-hydrogen) atoms. The van der Waals surface area contributed by atoms with E-state index >= 15 is 0 Å². The molecule has 0 heterocycles. The molecule has 2 nitrogen and oxygen atoms in total. The van der Waals surface area contributed by atoms with Gasteiger partial charge in [-0.1, -0.05) is 46.7 Å². The van der Waals surface area contributed by atoms with Gasteiger partial charge in [-0.25, -0.2) is 4.39 Å². The summed E-state index contributed by atoms with van der Waals surface area (Å²) in [6.45, 7) is 0.600. The summed E-state index contributed by atoms with van der Waals surface area (Å²) < 4.78 is 14.2. The van der Waals surface area contributed by atoms with Crippen LogP contribution in [-0.2, 0) is 0 Å². The number of hydrogen-bond donors (Lipinski definition) is 1. The molecule has 0 bridgehead atoms. The van der Waals surface area contributed by atoms with E-state index in [1.165, 1.54) is 18.2 Å². The number of benzene rings is 1. The van der Waals surface area contributed by atoms with Crippen molar-refractivity contribution in [2.75, 3.05) is 11.0 Å². The van der Waals surface area contributed by atoms with Crippen molar-refractivity contribution in [2.24, 2.45) is 0 Å². The predicted octanol–water partition coefficient (Wildman–Crippen LogP) is 3.81. The van der Waals surface area contributed by atoms with Crippen LogP contribution in [0, 0.1) is 5.82 Å². The van der Waals surface area contributed by atoms with Crippen LogP contribution in [0.5, 0.6) is 0 Å². The molecular formula is C12H14ClFINO. The minimum atomic E-state index is -0.566. The molecule has 0 aliphatic heterocycles. The zero-order chi connectivity index (χ0) is 12.7. The van der Waals surface area contributed by atoms with Crippen LogP contribution >= 0.6 is 34.2 Å². The number of amides is 1. The van der Waals surface area contributed by atoms with E-state index in [1.807, 2.05) is 0 Å². The lowest BCUT2D eigenvalue weighted by molar-refractivity contribution is 0.0952. The molecule has 1 N–H and O–H groups in total. The number of hydrogen-bond acceptors (Lipinski definition) is 1. The molecule has 0 aromatic heterocycles. The van der Waals surface area contributed by atoms with E-state index < -0.39 is 5.82 Å². The average Bonchev–Trinajstić information content (AvgIpc) is 2.32. The Morgan fingerprint density at radius 1 is 1.35 bits per heavy atom. The lowest BCUT2D eigenvalue weighted by Gasteiger charge is -2.06. The van der Waals surface area contributed by atoms with Crippen molar-refractivity contribution in [3.63, 3.8) is 0 Å².